The molecule has 2 saturated heterocycles. The molecule has 2 atom stereocenters. The minimum Gasteiger partial charge on any atom is -0.508 e. The molecule has 0 unspecified atom stereocenters. The van der Waals surface area contributed by atoms with Crippen molar-refractivity contribution >= 4 is 42.8 Å². The van der Waals surface area contributed by atoms with Gasteiger partial charge in [-0.1, -0.05) is 6.07 Å². The van der Waals surface area contributed by atoms with E-state index in [0.717, 1.165) is 5.39 Å². The molecule has 30 heavy (non-hydrogen) atoms. The Bertz CT molecular complexity index is 1280. The standard InChI is InChI=1S/C20H17BrN4O4S/c21-14-6-16(8-22-7-14)30(28,29)25-10-13-9-24(11-19(13)25)20(27)18-3-1-12-5-15(26)2-4-17(12)23-18/h1-8,13,19,26H,9-11H2/t13-,19+/m0/s1. The molecule has 1 aromatic carbocycles. The Kier molecular flexibility index (Phi) is 4.53. The summed E-state index contributed by atoms with van der Waals surface area (Å²) in [5.74, 6) is 0.0310. The van der Waals surface area contributed by atoms with Crippen LogP contribution in [0.3, 0.4) is 0 Å². The van der Waals surface area contributed by atoms with Crippen molar-refractivity contribution in [1.82, 2.24) is 19.2 Å². The van der Waals surface area contributed by atoms with Crippen LogP contribution in [0.4, 0.5) is 0 Å². The lowest BCUT2D eigenvalue weighted by atomic mass is 9.96. The molecule has 2 fully saturated rings. The summed E-state index contributed by atoms with van der Waals surface area (Å²) in [6.07, 6.45) is 2.87. The van der Waals surface area contributed by atoms with E-state index in [1.165, 1.54) is 28.8 Å². The Labute approximate surface area is 181 Å². The van der Waals surface area contributed by atoms with E-state index in [2.05, 4.69) is 25.9 Å². The highest BCUT2D eigenvalue weighted by Crippen LogP contribution is 2.37. The number of fused-ring (bicyclic) bond motifs is 2. The van der Waals surface area contributed by atoms with Gasteiger partial charge in [-0.25, -0.2) is 13.4 Å². The number of benzene rings is 1. The van der Waals surface area contributed by atoms with Gasteiger partial charge in [0.25, 0.3) is 5.91 Å². The van der Waals surface area contributed by atoms with E-state index in [1.54, 1.807) is 29.2 Å². The van der Waals surface area contributed by atoms with E-state index >= 15 is 0 Å². The van der Waals surface area contributed by atoms with Crippen LogP contribution in [-0.4, -0.2) is 64.3 Å². The third kappa shape index (κ3) is 3.15. The van der Waals surface area contributed by atoms with E-state index in [0.29, 0.717) is 35.3 Å². The Balaban J connectivity index is 1.35. The van der Waals surface area contributed by atoms with Gasteiger partial charge in [-0.15, -0.1) is 0 Å². The first kappa shape index (κ1) is 19.4. The number of pyridine rings is 2. The number of rotatable bonds is 3. The maximum absolute atomic E-state index is 13.0. The topological polar surface area (TPSA) is 104 Å². The maximum atomic E-state index is 13.0. The fourth-order valence-electron chi connectivity index (χ4n) is 4.09. The zero-order chi connectivity index (χ0) is 21.0. The van der Waals surface area contributed by atoms with Crippen LogP contribution < -0.4 is 0 Å². The lowest BCUT2D eigenvalue weighted by Crippen LogP contribution is -2.57. The van der Waals surface area contributed by atoms with Crippen molar-refractivity contribution in [2.24, 2.45) is 5.92 Å². The Morgan fingerprint density at radius 3 is 2.73 bits per heavy atom. The number of aromatic nitrogens is 2. The smallest absolute Gasteiger partial charge is 0.272 e. The van der Waals surface area contributed by atoms with Gasteiger partial charge >= 0.3 is 0 Å². The number of sulfonamides is 1. The number of aromatic hydroxyl groups is 1. The van der Waals surface area contributed by atoms with Gasteiger partial charge in [-0.05, 0) is 46.3 Å². The second-order valence-corrected chi connectivity index (χ2v) is 10.3. The van der Waals surface area contributed by atoms with E-state index in [4.69, 9.17) is 0 Å². The highest BCUT2D eigenvalue weighted by molar-refractivity contribution is 9.10. The van der Waals surface area contributed by atoms with Crippen LogP contribution in [0.1, 0.15) is 10.5 Å². The number of likely N-dealkylation sites (tertiary alicyclic amines) is 1. The lowest BCUT2D eigenvalue weighted by molar-refractivity contribution is 0.0783. The molecule has 2 aliphatic heterocycles. The Morgan fingerprint density at radius 1 is 1.10 bits per heavy atom. The summed E-state index contributed by atoms with van der Waals surface area (Å²) < 4.78 is 28.0. The van der Waals surface area contributed by atoms with Crippen molar-refractivity contribution in [2.45, 2.75) is 10.9 Å². The second-order valence-electron chi connectivity index (χ2n) is 7.52. The maximum Gasteiger partial charge on any atom is 0.272 e. The van der Waals surface area contributed by atoms with Crippen molar-refractivity contribution in [1.29, 1.82) is 0 Å². The van der Waals surface area contributed by atoms with Crippen LogP contribution >= 0.6 is 15.9 Å². The van der Waals surface area contributed by atoms with E-state index in [-0.39, 0.29) is 28.5 Å². The van der Waals surface area contributed by atoms with Crippen molar-refractivity contribution < 1.29 is 18.3 Å². The van der Waals surface area contributed by atoms with Crippen LogP contribution in [-0.2, 0) is 10.0 Å². The second kappa shape index (κ2) is 7.00. The van der Waals surface area contributed by atoms with Crippen LogP contribution in [0.15, 0.2) is 58.2 Å². The van der Waals surface area contributed by atoms with E-state index < -0.39 is 10.0 Å². The molecule has 2 aliphatic rings. The summed E-state index contributed by atoms with van der Waals surface area (Å²) in [5, 5.41) is 10.3. The molecule has 1 amide bonds. The first-order valence-corrected chi connectivity index (χ1v) is 11.6. The zero-order valence-electron chi connectivity index (χ0n) is 15.6. The van der Waals surface area contributed by atoms with Gasteiger partial charge in [0.15, 0.2) is 0 Å². The molecule has 10 heteroatoms. The number of carbonyl (C=O) groups is 1. The van der Waals surface area contributed by atoms with Gasteiger partial charge in [-0.3, -0.25) is 9.78 Å². The largest absolute Gasteiger partial charge is 0.508 e. The molecule has 0 radical (unpaired) electrons. The quantitative estimate of drug-likeness (QED) is 0.606. The van der Waals surface area contributed by atoms with Gasteiger partial charge in [0.2, 0.25) is 10.0 Å². The number of hydrogen-bond donors (Lipinski definition) is 1. The molecule has 2 aromatic heterocycles. The molecule has 154 valence electrons. The van der Waals surface area contributed by atoms with Gasteiger partial charge in [0.1, 0.15) is 16.3 Å². The SMILES string of the molecule is O=C(c1ccc2cc(O)ccc2n1)N1C[C@H]2CN(S(=O)(=O)c3cncc(Br)c3)[C@@H]2C1. The number of hydrogen-bond acceptors (Lipinski definition) is 6. The molecule has 5 rings (SSSR count). The molecule has 0 bridgehead atoms. The van der Waals surface area contributed by atoms with Gasteiger partial charge in [0.05, 0.1) is 5.52 Å². The van der Waals surface area contributed by atoms with Crippen LogP contribution in [0.25, 0.3) is 10.9 Å². The van der Waals surface area contributed by atoms with Crippen LogP contribution in [0.2, 0.25) is 0 Å². The number of halogens is 1. The third-order valence-electron chi connectivity index (χ3n) is 5.66. The predicted molar refractivity (Wildman–Crippen MR) is 112 cm³/mol. The first-order chi connectivity index (χ1) is 14.3. The van der Waals surface area contributed by atoms with E-state index in [1.807, 2.05) is 0 Å². The third-order valence-corrected chi connectivity index (χ3v) is 7.95. The first-order valence-electron chi connectivity index (χ1n) is 9.34. The summed E-state index contributed by atoms with van der Waals surface area (Å²) in [6, 6.07) is 9.45. The molecule has 0 aliphatic carbocycles. The number of phenols is 1. The average Bonchev–Trinajstić information content (AvgIpc) is 3.03. The summed E-state index contributed by atoms with van der Waals surface area (Å²) in [6.45, 7) is 1.22. The van der Waals surface area contributed by atoms with E-state index in [9.17, 15) is 18.3 Å². The highest BCUT2D eigenvalue weighted by Gasteiger charge is 2.52. The van der Waals surface area contributed by atoms with Gasteiger partial charge in [-0.2, -0.15) is 4.31 Å². The van der Waals surface area contributed by atoms with Crippen molar-refractivity contribution in [3.8, 4) is 5.75 Å². The number of nitrogens with zero attached hydrogens (tertiary/aromatic N) is 4. The highest BCUT2D eigenvalue weighted by atomic mass is 79.9. The van der Waals surface area contributed by atoms with Gasteiger partial charge < -0.3 is 10.0 Å². The molecule has 0 saturated carbocycles. The van der Waals surface area contributed by atoms with Crippen LogP contribution in [0, 0.1) is 5.92 Å². The van der Waals surface area contributed by atoms with Crippen molar-refractivity contribution in [3.05, 3.63) is 59.0 Å². The fourth-order valence-corrected chi connectivity index (χ4v) is 6.33. The summed E-state index contributed by atoms with van der Waals surface area (Å²) in [4.78, 5) is 23.1. The molecule has 3 aromatic rings. The number of amides is 1. The summed E-state index contributed by atoms with van der Waals surface area (Å²) in [5.41, 5.74) is 0.923. The number of carbonyl (C=O) groups excluding carboxylic acids is 1. The van der Waals surface area contributed by atoms with Gasteiger partial charge in [0, 0.05) is 53.8 Å². The molecule has 0 spiro atoms. The molecule has 8 nitrogen and oxygen atoms in total. The molecular formula is C20H17BrN4O4S. The predicted octanol–water partition coefficient (Wildman–Crippen LogP) is 2.24. The van der Waals surface area contributed by atoms with Crippen LogP contribution in [0.5, 0.6) is 5.75 Å². The molecule has 4 heterocycles. The normalized spacial score (nSPS) is 21.4. The monoisotopic (exact) mass is 488 g/mol. The minimum absolute atomic E-state index is 0.112. The zero-order valence-corrected chi connectivity index (χ0v) is 18.0. The molecule has 1 N–H and O–H groups in total. The average molecular weight is 489 g/mol. The summed E-state index contributed by atoms with van der Waals surface area (Å²) >= 11 is 3.26. The van der Waals surface area contributed by atoms with Crippen molar-refractivity contribution in [3.63, 3.8) is 0 Å². The number of phenolic OH excluding ortho intramolecular Hbond substituents is 1. The fraction of sp³-hybridized carbons (Fsp3) is 0.250. The summed E-state index contributed by atoms with van der Waals surface area (Å²) in [7, 11) is -3.66. The Morgan fingerprint density at radius 2 is 1.93 bits per heavy atom. The lowest BCUT2D eigenvalue weighted by Gasteiger charge is -2.41. The minimum atomic E-state index is -3.66. The van der Waals surface area contributed by atoms with Crippen molar-refractivity contribution in [2.75, 3.05) is 19.6 Å². The Hall–Kier alpha value is -2.56. The molecular weight excluding hydrogens is 472 g/mol.